The zero-order chi connectivity index (χ0) is 23.0. The van der Waals surface area contributed by atoms with Crippen LogP contribution in [0.3, 0.4) is 0 Å². The van der Waals surface area contributed by atoms with Gasteiger partial charge in [-0.2, -0.15) is 0 Å². The van der Waals surface area contributed by atoms with E-state index in [2.05, 4.69) is 45.0 Å². The highest BCUT2D eigenvalue weighted by atomic mass is 16.4. The average Bonchev–Trinajstić information content (AvgIpc) is 2.73. The summed E-state index contributed by atoms with van der Waals surface area (Å²) in [5, 5.41) is 17.7. The van der Waals surface area contributed by atoms with Crippen molar-refractivity contribution in [3.05, 3.63) is 65.2 Å². The fourth-order valence-electron chi connectivity index (χ4n) is 3.58. The van der Waals surface area contributed by atoms with Crippen LogP contribution in [0.5, 0.6) is 5.75 Å². The molecule has 0 aromatic heterocycles. The maximum atomic E-state index is 10.9. The molecule has 2 amide bonds. The smallest absolute Gasteiger partial charge is 0.407 e. The van der Waals surface area contributed by atoms with Gasteiger partial charge >= 0.3 is 6.09 Å². The molecule has 0 bridgehead atoms. The van der Waals surface area contributed by atoms with Crippen LogP contribution in [0, 0.1) is 5.92 Å². The number of hydrogen-bond acceptors (Lipinski definition) is 3. The third-order valence-corrected chi connectivity index (χ3v) is 5.70. The number of benzene rings is 2. The van der Waals surface area contributed by atoms with Gasteiger partial charge in [0.25, 0.3) is 0 Å². The van der Waals surface area contributed by atoms with Crippen LogP contribution in [0.15, 0.2) is 48.5 Å². The predicted octanol–water partition coefficient (Wildman–Crippen LogP) is 4.80. The first kappa shape index (κ1) is 24.3. The Bertz CT molecular complexity index is 847. The molecule has 2 aromatic rings. The Hall–Kier alpha value is -3.02. The fraction of sp³-hybridized carbons (Fsp3) is 0.440. The van der Waals surface area contributed by atoms with E-state index in [1.54, 1.807) is 0 Å². The number of aryl methyl sites for hydroxylation is 1. The molecule has 0 saturated carbocycles. The molecule has 1 fully saturated rings. The molecule has 31 heavy (non-hydrogen) atoms. The predicted molar refractivity (Wildman–Crippen MR) is 122 cm³/mol. The number of phenols is 1. The lowest BCUT2D eigenvalue weighted by atomic mass is 9.85. The highest BCUT2D eigenvalue weighted by Gasteiger charge is 2.22. The van der Waals surface area contributed by atoms with Crippen LogP contribution in [-0.4, -0.2) is 40.2 Å². The summed E-state index contributed by atoms with van der Waals surface area (Å²) in [7, 11) is 0. The zero-order valence-corrected chi connectivity index (χ0v) is 18.7. The lowest BCUT2D eigenvalue weighted by Crippen LogP contribution is -2.37. The molecule has 168 valence electrons. The number of piperidine rings is 1. The van der Waals surface area contributed by atoms with E-state index in [9.17, 15) is 9.59 Å². The van der Waals surface area contributed by atoms with Crippen LogP contribution < -0.4 is 5.73 Å². The molecule has 6 nitrogen and oxygen atoms in total. The van der Waals surface area contributed by atoms with Gasteiger partial charge in [0.2, 0.25) is 5.91 Å². The minimum Gasteiger partial charge on any atom is -0.508 e. The monoisotopic (exact) mass is 426 g/mol. The molecular formula is C25H34N2O4. The molecule has 0 atom stereocenters. The van der Waals surface area contributed by atoms with Gasteiger partial charge in [-0.3, -0.25) is 4.79 Å². The van der Waals surface area contributed by atoms with Gasteiger partial charge in [0, 0.05) is 18.7 Å². The molecule has 3 rings (SSSR count). The van der Waals surface area contributed by atoms with Crippen molar-refractivity contribution in [3.8, 4) is 5.75 Å². The van der Waals surface area contributed by atoms with Crippen molar-refractivity contribution in [2.45, 2.75) is 51.9 Å². The first-order valence-electron chi connectivity index (χ1n) is 10.7. The Morgan fingerprint density at radius 1 is 1.00 bits per heavy atom. The minimum atomic E-state index is -0.772. The molecule has 6 heteroatoms. The summed E-state index contributed by atoms with van der Waals surface area (Å²) in [5.74, 6) is 0.313. The Kier molecular flexibility index (Phi) is 8.48. The molecule has 0 spiro atoms. The van der Waals surface area contributed by atoms with Gasteiger partial charge in [-0.1, -0.05) is 45.0 Å². The van der Waals surface area contributed by atoms with Crippen molar-refractivity contribution >= 4 is 12.0 Å². The first-order chi connectivity index (χ1) is 14.6. The molecule has 2 aromatic carbocycles. The Morgan fingerprint density at radius 3 is 2.00 bits per heavy atom. The molecule has 0 radical (unpaired) electrons. The normalized spacial score (nSPS) is 14.5. The maximum absolute atomic E-state index is 10.9. The van der Waals surface area contributed by atoms with E-state index in [1.165, 1.54) is 46.7 Å². The number of carbonyl (C=O) groups excluding carboxylic acids is 1. The minimum absolute atomic E-state index is 0.130. The number of aromatic hydroxyl groups is 1. The highest BCUT2D eigenvalue weighted by Crippen LogP contribution is 2.25. The third kappa shape index (κ3) is 7.96. The van der Waals surface area contributed by atoms with Gasteiger partial charge in [-0.25, -0.2) is 4.79 Å². The van der Waals surface area contributed by atoms with Gasteiger partial charge < -0.3 is 20.8 Å². The van der Waals surface area contributed by atoms with Gasteiger partial charge in [-0.15, -0.1) is 0 Å². The Labute approximate surface area is 184 Å². The van der Waals surface area contributed by atoms with Crippen molar-refractivity contribution in [1.29, 1.82) is 0 Å². The summed E-state index contributed by atoms with van der Waals surface area (Å²) in [6.07, 6.45) is 3.51. The van der Waals surface area contributed by atoms with Gasteiger partial charge in [0.05, 0.1) is 0 Å². The number of carbonyl (C=O) groups is 2. The van der Waals surface area contributed by atoms with Crippen LogP contribution in [-0.2, 0) is 11.8 Å². The quantitative estimate of drug-likeness (QED) is 0.653. The molecular weight excluding hydrogens is 392 g/mol. The number of rotatable bonds is 4. The van der Waals surface area contributed by atoms with E-state index in [-0.39, 0.29) is 11.2 Å². The molecule has 0 unspecified atom stereocenters. The maximum Gasteiger partial charge on any atom is 0.407 e. The van der Waals surface area contributed by atoms with Gasteiger partial charge in [-0.05, 0) is 72.4 Å². The van der Waals surface area contributed by atoms with E-state index in [1.807, 2.05) is 0 Å². The summed E-state index contributed by atoms with van der Waals surface area (Å²) in [6.45, 7) is 8.10. The van der Waals surface area contributed by atoms with Crippen LogP contribution in [0.4, 0.5) is 4.79 Å². The molecule has 1 aliphatic heterocycles. The average molecular weight is 427 g/mol. The van der Waals surface area contributed by atoms with Crippen molar-refractivity contribution in [2.75, 3.05) is 13.1 Å². The van der Waals surface area contributed by atoms with Crippen LogP contribution in [0.2, 0.25) is 0 Å². The lowest BCUT2D eigenvalue weighted by Gasteiger charge is -2.30. The van der Waals surface area contributed by atoms with E-state index >= 15 is 0 Å². The second kappa shape index (κ2) is 10.8. The molecule has 0 aliphatic carbocycles. The number of likely N-dealkylation sites (tertiary alicyclic amines) is 1. The fourth-order valence-corrected chi connectivity index (χ4v) is 3.58. The standard InChI is InChI=1S/C18H27NO2.C7H7NO2/c1-18(2,3)16-8-6-14(7-9-16)4-5-15-10-12-19(13-11-15)17(20)21;8-7(10)5-1-3-6(9)4-2-5/h6-9,15H,4-5,10-13H2,1-3H3,(H,20,21);1-4,9H,(H2,8,10). The van der Waals surface area contributed by atoms with E-state index in [0.29, 0.717) is 24.6 Å². The number of nitrogens with two attached hydrogens (primary N) is 1. The van der Waals surface area contributed by atoms with Crippen LogP contribution in [0.25, 0.3) is 0 Å². The van der Waals surface area contributed by atoms with Crippen LogP contribution >= 0.6 is 0 Å². The van der Waals surface area contributed by atoms with Crippen molar-refractivity contribution in [2.24, 2.45) is 11.7 Å². The number of nitrogens with zero attached hydrogens (tertiary/aromatic N) is 1. The second-order valence-electron chi connectivity index (χ2n) is 9.11. The number of carboxylic acid groups (broad SMARTS) is 1. The lowest BCUT2D eigenvalue weighted by molar-refractivity contribution is 0.1000. The Morgan fingerprint density at radius 2 is 1.55 bits per heavy atom. The summed E-state index contributed by atoms with van der Waals surface area (Å²) < 4.78 is 0. The van der Waals surface area contributed by atoms with Crippen molar-refractivity contribution in [1.82, 2.24) is 4.90 Å². The van der Waals surface area contributed by atoms with Gasteiger partial charge in [0.15, 0.2) is 0 Å². The molecule has 1 saturated heterocycles. The first-order valence-corrected chi connectivity index (χ1v) is 10.7. The molecule has 1 heterocycles. The van der Waals surface area contributed by atoms with Crippen molar-refractivity contribution in [3.63, 3.8) is 0 Å². The van der Waals surface area contributed by atoms with Gasteiger partial charge in [0.1, 0.15) is 5.75 Å². The number of primary amides is 1. The summed E-state index contributed by atoms with van der Waals surface area (Å²) in [5.41, 5.74) is 8.32. The number of hydrogen-bond donors (Lipinski definition) is 3. The molecule has 4 N–H and O–H groups in total. The SMILES string of the molecule is CC(C)(C)c1ccc(CCC2CCN(C(=O)O)CC2)cc1.NC(=O)c1ccc(O)cc1. The van der Waals surface area contributed by atoms with E-state index in [0.717, 1.165) is 19.3 Å². The van der Waals surface area contributed by atoms with E-state index < -0.39 is 12.0 Å². The third-order valence-electron chi connectivity index (χ3n) is 5.70. The summed E-state index contributed by atoms with van der Waals surface area (Å²) >= 11 is 0. The Balaban J connectivity index is 0.000000285. The topological polar surface area (TPSA) is 104 Å². The summed E-state index contributed by atoms with van der Waals surface area (Å²) in [6, 6.07) is 14.7. The molecule has 1 aliphatic rings. The van der Waals surface area contributed by atoms with Crippen molar-refractivity contribution < 1.29 is 19.8 Å². The van der Waals surface area contributed by atoms with Crippen LogP contribution in [0.1, 0.15) is 61.5 Å². The number of amides is 2. The number of phenolic OH excluding ortho intramolecular Hbond substituents is 1. The zero-order valence-electron chi connectivity index (χ0n) is 18.7. The second-order valence-corrected chi connectivity index (χ2v) is 9.11. The summed E-state index contributed by atoms with van der Waals surface area (Å²) in [4.78, 5) is 22.9. The highest BCUT2D eigenvalue weighted by molar-refractivity contribution is 5.92. The largest absolute Gasteiger partial charge is 0.508 e. The van der Waals surface area contributed by atoms with E-state index in [4.69, 9.17) is 15.9 Å².